The monoisotopic (exact) mass is 283 g/mol. The van der Waals surface area contributed by atoms with Gasteiger partial charge in [0.2, 0.25) is 0 Å². The number of carbonyl (C=O) groups excluding carboxylic acids is 1. The third-order valence-electron chi connectivity index (χ3n) is 2.28. The van der Waals surface area contributed by atoms with Gasteiger partial charge in [0.1, 0.15) is 12.6 Å². The normalized spacial score (nSPS) is 11.4. The second-order valence-electron chi connectivity index (χ2n) is 3.75. The Labute approximate surface area is 115 Å². The number of carboxylic acids is 1. The molecular weight excluding hydrogens is 270 g/mol. The third-order valence-corrected chi connectivity index (χ3v) is 2.53. The number of hydrogen-bond acceptors (Lipinski definition) is 3. The molecule has 6 heteroatoms. The Morgan fingerprint density at radius 2 is 2.05 bits per heavy atom. The van der Waals surface area contributed by atoms with Crippen LogP contribution in [-0.2, 0) is 16.0 Å². The van der Waals surface area contributed by atoms with E-state index < -0.39 is 18.1 Å². The maximum atomic E-state index is 11.3. The number of amides is 1. The SMILES string of the molecule is C=CCOC(=O)N[C@@H](Cc1ccc(Cl)cc1)C(=O)O. The first-order valence-corrected chi connectivity index (χ1v) is 5.92. The summed E-state index contributed by atoms with van der Waals surface area (Å²) in [6.45, 7) is 3.42. The number of carboxylic acid groups (broad SMARTS) is 1. The van der Waals surface area contributed by atoms with Gasteiger partial charge in [-0.1, -0.05) is 36.4 Å². The van der Waals surface area contributed by atoms with Crippen molar-refractivity contribution in [1.82, 2.24) is 5.32 Å². The molecule has 0 spiro atoms. The summed E-state index contributed by atoms with van der Waals surface area (Å²) in [6.07, 6.45) is 0.755. The van der Waals surface area contributed by atoms with E-state index in [9.17, 15) is 9.59 Å². The van der Waals surface area contributed by atoms with Crippen LogP contribution in [-0.4, -0.2) is 29.8 Å². The van der Waals surface area contributed by atoms with Gasteiger partial charge >= 0.3 is 12.1 Å². The Morgan fingerprint density at radius 3 is 2.58 bits per heavy atom. The van der Waals surface area contributed by atoms with E-state index in [4.69, 9.17) is 16.7 Å². The highest BCUT2D eigenvalue weighted by Crippen LogP contribution is 2.11. The molecule has 0 radical (unpaired) electrons. The lowest BCUT2D eigenvalue weighted by molar-refractivity contribution is -0.139. The van der Waals surface area contributed by atoms with E-state index >= 15 is 0 Å². The number of rotatable bonds is 6. The standard InChI is InChI=1S/C13H14ClNO4/c1-2-7-19-13(18)15-11(12(16)17)8-9-3-5-10(14)6-4-9/h2-6,11H,1,7-8H2,(H,15,18)(H,16,17)/t11-/m0/s1. The fourth-order valence-electron chi connectivity index (χ4n) is 1.37. The maximum absolute atomic E-state index is 11.3. The van der Waals surface area contributed by atoms with Crippen LogP contribution < -0.4 is 5.32 Å². The predicted octanol–water partition coefficient (Wildman–Crippen LogP) is 2.25. The second kappa shape index (κ2) is 7.43. The molecule has 2 N–H and O–H groups in total. The van der Waals surface area contributed by atoms with Crippen LogP contribution in [0.2, 0.25) is 5.02 Å². The summed E-state index contributed by atoms with van der Waals surface area (Å²) in [4.78, 5) is 22.4. The van der Waals surface area contributed by atoms with Gasteiger partial charge in [0.05, 0.1) is 0 Å². The maximum Gasteiger partial charge on any atom is 0.408 e. The predicted molar refractivity (Wildman–Crippen MR) is 71.3 cm³/mol. The molecule has 1 atom stereocenters. The van der Waals surface area contributed by atoms with Gasteiger partial charge in [-0.15, -0.1) is 0 Å². The summed E-state index contributed by atoms with van der Waals surface area (Å²) in [5.41, 5.74) is 0.751. The minimum absolute atomic E-state index is 0.0269. The Hall–Kier alpha value is -2.01. The molecule has 1 aromatic rings. The molecule has 1 rings (SSSR count). The fraction of sp³-hybridized carbons (Fsp3) is 0.231. The Bertz CT molecular complexity index is 458. The summed E-state index contributed by atoms with van der Waals surface area (Å²) in [7, 11) is 0. The van der Waals surface area contributed by atoms with Crippen LogP contribution >= 0.6 is 11.6 Å². The van der Waals surface area contributed by atoms with Crippen LogP contribution in [0.15, 0.2) is 36.9 Å². The highest BCUT2D eigenvalue weighted by molar-refractivity contribution is 6.30. The van der Waals surface area contributed by atoms with Crippen molar-refractivity contribution in [2.75, 3.05) is 6.61 Å². The van der Waals surface area contributed by atoms with Gasteiger partial charge in [-0.25, -0.2) is 9.59 Å². The second-order valence-corrected chi connectivity index (χ2v) is 4.19. The average molecular weight is 284 g/mol. The molecule has 0 heterocycles. The molecule has 0 aromatic heterocycles. The van der Waals surface area contributed by atoms with E-state index in [1.165, 1.54) is 6.08 Å². The van der Waals surface area contributed by atoms with E-state index in [1.807, 2.05) is 0 Å². The van der Waals surface area contributed by atoms with Crippen LogP contribution in [0.5, 0.6) is 0 Å². The zero-order valence-electron chi connectivity index (χ0n) is 10.1. The van der Waals surface area contributed by atoms with Crippen molar-refractivity contribution in [3.8, 4) is 0 Å². The molecule has 0 saturated carbocycles. The topological polar surface area (TPSA) is 75.6 Å². The zero-order valence-corrected chi connectivity index (χ0v) is 10.9. The Kier molecular flexibility index (Phi) is 5.89. The van der Waals surface area contributed by atoms with Gasteiger partial charge in [0, 0.05) is 11.4 Å². The highest BCUT2D eigenvalue weighted by atomic mass is 35.5. The lowest BCUT2D eigenvalue weighted by Crippen LogP contribution is -2.42. The molecule has 0 aliphatic heterocycles. The van der Waals surface area contributed by atoms with Crippen LogP contribution in [0.3, 0.4) is 0 Å². The summed E-state index contributed by atoms with van der Waals surface area (Å²) >= 11 is 5.74. The lowest BCUT2D eigenvalue weighted by atomic mass is 10.1. The number of alkyl carbamates (subject to hydrolysis) is 1. The number of ether oxygens (including phenoxy) is 1. The quantitative estimate of drug-likeness (QED) is 0.785. The van der Waals surface area contributed by atoms with E-state index in [1.54, 1.807) is 24.3 Å². The Morgan fingerprint density at radius 1 is 1.42 bits per heavy atom. The van der Waals surface area contributed by atoms with E-state index in [-0.39, 0.29) is 13.0 Å². The molecule has 5 nitrogen and oxygen atoms in total. The van der Waals surface area contributed by atoms with Gasteiger partial charge in [-0.3, -0.25) is 0 Å². The summed E-state index contributed by atoms with van der Waals surface area (Å²) in [5, 5.41) is 11.9. The van der Waals surface area contributed by atoms with Gasteiger partial charge in [-0.2, -0.15) is 0 Å². The number of aliphatic carboxylic acids is 1. The van der Waals surface area contributed by atoms with Crippen molar-refractivity contribution in [3.63, 3.8) is 0 Å². The summed E-state index contributed by atoms with van der Waals surface area (Å²) < 4.78 is 4.68. The minimum Gasteiger partial charge on any atom is -0.480 e. The number of benzene rings is 1. The molecule has 19 heavy (non-hydrogen) atoms. The van der Waals surface area contributed by atoms with E-state index in [0.29, 0.717) is 5.02 Å². The molecule has 1 aromatic carbocycles. The van der Waals surface area contributed by atoms with E-state index in [0.717, 1.165) is 5.56 Å². The van der Waals surface area contributed by atoms with Crippen molar-refractivity contribution in [2.45, 2.75) is 12.5 Å². The van der Waals surface area contributed by atoms with Gasteiger partial charge in [-0.05, 0) is 17.7 Å². The molecule has 1 amide bonds. The molecule has 0 saturated heterocycles. The van der Waals surface area contributed by atoms with Gasteiger partial charge in [0.25, 0.3) is 0 Å². The zero-order chi connectivity index (χ0) is 14.3. The number of halogens is 1. The summed E-state index contributed by atoms with van der Waals surface area (Å²) in [5.74, 6) is -1.13. The molecule has 0 fully saturated rings. The summed E-state index contributed by atoms with van der Waals surface area (Å²) in [6, 6.07) is 5.67. The molecular formula is C13H14ClNO4. The van der Waals surface area contributed by atoms with E-state index in [2.05, 4.69) is 16.6 Å². The minimum atomic E-state index is -1.13. The van der Waals surface area contributed by atoms with Crippen LogP contribution in [0, 0.1) is 0 Å². The van der Waals surface area contributed by atoms with Crippen molar-refractivity contribution < 1.29 is 19.4 Å². The molecule has 102 valence electrons. The average Bonchev–Trinajstić information content (AvgIpc) is 2.38. The van der Waals surface area contributed by atoms with Crippen molar-refractivity contribution in [2.24, 2.45) is 0 Å². The number of carbonyl (C=O) groups is 2. The van der Waals surface area contributed by atoms with Gasteiger partial charge < -0.3 is 15.2 Å². The lowest BCUT2D eigenvalue weighted by Gasteiger charge is -2.14. The Balaban J connectivity index is 2.62. The molecule has 0 unspecified atom stereocenters. The number of nitrogens with one attached hydrogen (secondary N) is 1. The van der Waals surface area contributed by atoms with Crippen molar-refractivity contribution in [1.29, 1.82) is 0 Å². The molecule has 0 bridgehead atoms. The van der Waals surface area contributed by atoms with Crippen LogP contribution in [0.25, 0.3) is 0 Å². The largest absolute Gasteiger partial charge is 0.480 e. The van der Waals surface area contributed by atoms with Gasteiger partial charge in [0.15, 0.2) is 0 Å². The first-order valence-electron chi connectivity index (χ1n) is 5.54. The first kappa shape index (κ1) is 15.0. The highest BCUT2D eigenvalue weighted by Gasteiger charge is 2.20. The fourth-order valence-corrected chi connectivity index (χ4v) is 1.50. The van der Waals surface area contributed by atoms with Crippen molar-refractivity contribution in [3.05, 3.63) is 47.5 Å². The van der Waals surface area contributed by atoms with Crippen molar-refractivity contribution >= 4 is 23.7 Å². The smallest absolute Gasteiger partial charge is 0.408 e. The first-order chi connectivity index (χ1) is 9.02. The van der Waals surface area contributed by atoms with Crippen LogP contribution in [0.1, 0.15) is 5.56 Å². The number of hydrogen-bond donors (Lipinski definition) is 2. The molecule has 0 aliphatic carbocycles. The third kappa shape index (κ3) is 5.44. The molecule has 0 aliphatic rings. The van der Waals surface area contributed by atoms with Crippen LogP contribution in [0.4, 0.5) is 4.79 Å².